The van der Waals surface area contributed by atoms with Crippen LogP contribution in [0.3, 0.4) is 0 Å². The Morgan fingerprint density at radius 2 is 1.51 bits per heavy atom. The molecule has 0 spiro atoms. The first-order valence-electron chi connectivity index (χ1n) is 12.9. The maximum absolute atomic E-state index is 13.5. The maximum atomic E-state index is 13.5. The molecule has 1 aliphatic heterocycles. The smallest absolute Gasteiger partial charge is 0.316 e. The lowest BCUT2D eigenvalue weighted by Gasteiger charge is -2.45. The minimum Gasteiger partial charge on any atom is -0.459 e. The molecule has 1 aliphatic rings. The zero-order chi connectivity index (χ0) is 27.5. The first-order chi connectivity index (χ1) is 15.9. The van der Waals surface area contributed by atoms with E-state index in [-0.39, 0.29) is 36.6 Å². The molecule has 0 aliphatic carbocycles. The van der Waals surface area contributed by atoms with E-state index >= 15 is 0 Å². The summed E-state index contributed by atoms with van der Waals surface area (Å²) in [6.45, 7) is 18.9. The Hall–Kier alpha value is -1.35. The van der Waals surface area contributed by atoms with E-state index in [9.17, 15) is 24.6 Å². The van der Waals surface area contributed by atoms with E-state index < -0.39 is 59.2 Å². The Morgan fingerprint density at radius 1 is 0.971 bits per heavy atom. The van der Waals surface area contributed by atoms with Crippen molar-refractivity contribution >= 4 is 17.5 Å². The Kier molecular flexibility index (Phi) is 11.1. The first kappa shape index (κ1) is 31.7. The van der Waals surface area contributed by atoms with Gasteiger partial charge in [-0.1, -0.05) is 27.7 Å². The fourth-order valence-corrected chi connectivity index (χ4v) is 5.38. The first-order valence-corrected chi connectivity index (χ1v) is 12.9. The van der Waals surface area contributed by atoms with Crippen LogP contribution in [0.4, 0.5) is 0 Å². The Bertz CT molecular complexity index is 745. The number of rotatable bonds is 5. The fraction of sp³-hybridized carbons (Fsp3) is 0.889. The minimum absolute atomic E-state index is 0.197. The zero-order valence-electron chi connectivity index (χ0n) is 23.5. The lowest BCUT2D eigenvalue weighted by molar-refractivity contribution is -0.201. The van der Waals surface area contributed by atoms with Crippen LogP contribution < -0.4 is 0 Å². The molecule has 9 atom stereocenters. The number of aliphatic hydroxyl groups excluding tert-OH is 1. The van der Waals surface area contributed by atoms with Gasteiger partial charge in [0.1, 0.15) is 23.4 Å². The quantitative estimate of drug-likeness (QED) is 0.435. The highest BCUT2D eigenvalue weighted by molar-refractivity contribution is 6.00. The molecular weight excluding hydrogens is 452 g/mol. The van der Waals surface area contributed by atoms with Gasteiger partial charge in [0.05, 0.1) is 30.0 Å². The summed E-state index contributed by atoms with van der Waals surface area (Å²) >= 11 is 0. The third-order valence-electron chi connectivity index (χ3n) is 7.21. The molecule has 2 N–H and O–H groups in total. The predicted octanol–water partition coefficient (Wildman–Crippen LogP) is 3.48. The molecule has 1 heterocycles. The van der Waals surface area contributed by atoms with Crippen molar-refractivity contribution in [3.8, 4) is 0 Å². The molecule has 8 heteroatoms. The molecule has 0 unspecified atom stereocenters. The highest BCUT2D eigenvalue weighted by atomic mass is 16.6. The fourth-order valence-electron chi connectivity index (χ4n) is 5.38. The predicted molar refractivity (Wildman–Crippen MR) is 133 cm³/mol. The number of carbonyl (C=O) groups excluding carboxylic acids is 3. The number of hydrogen-bond donors (Lipinski definition) is 2. The van der Waals surface area contributed by atoms with Crippen molar-refractivity contribution in [2.75, 3.05) is 0 Å². The third kappa shape index (κ3) is 7.34. The van der Waals surface area contributed by atoms with Crippen LogP contribution in [0.2, 0.25) is 0 Å². The Morgan fingerprint density at radius 3 is 1.97 bits per heavy atom. The number of esters is 1. The number of ketones is 2. The van der Waals surface area contributed by atoms with Gasteiger partial charge in [0.2, 0.25) is 0 Å². The monoisotopic (exact) mass is 500 g/mol. The molecule has 0 bridgehead atoms. The molecule has 0 amide bonds. The average molecular weight is 501 g/mol. The van der Waals surface area contributed by atoms with E-state index in [2.05, 4.69) is 0 Å². The summed E-state index contributed by atoms with van der Waals surface area (Å²) in [6, 6.07) is 0. The molecule has 1 fully saturated rings. The number of ether oxygens (including phenoxy) is 3. The van der Waals surface area contributed by atoms with Gasteiger partial charge >= 0.3 is 5.97 Å². The van der Waals surface area contributed by atoms with Crippen LogP contribution in [0.1, 0.15) is 89.0 Å². The number of Topliss-reactive ketones (excluding diaryl/α,β-unsaturated/α-hetero) is 2. The highest BCUT2D eigenvalue weighted by Gasteiger charge is 2.50. The molecule has 35 heavy (non-hydrogen) atoms. The molecule has 8 nitrogen and oxygen atoms in total. The zero-order valence-corrected chi connectivity index (χ0v) is 23.5. The van der Waals surface area contributed by atoms with Gasteiger partial charge in [-0.25, -0.2) is 0 Å². The van der Waals surface area contributed by atoms with E-state index in [1.165, 1.54) is 13.8 Å². The van der Waals surface area contributed by atoms with E-state index in [1.807, 2.05) is 34.6 Å². The van der Waals surface area contributed by atoms with E-state index in [4.69, 9.17) is 14.2 Å². The van der Waals surface area contributed by atoms with Gasteiger partial charge in [0, 0.05) is 17.8 Å². The minimum atomic E-state index is -1.89. The summed E-state index contributed by atoms with van der Waals surface area (Å²) < 4.78 is 18.1. The van der Waals surface area contributed by atoms with Crippen molar-refractivity contribution in [1.82, 2.24) is 0 Å². The molecule has 1 saturated heterocycles. The van der Waals surface area contributed by atoms with Gasteiger partial charge in [0.25, 0.3) is 0 Å². The van der Waals surface area contributed by atoms with E-state index in [0.717, 1.165) is 0 Å². The summed E-state index contributed by atoms with van der Waals surface area (Å²) in [4.78, 5) is 39.9. The van der Waals surface area contributed by atoms with Crippen molar-refractivity contribution in [2.45, 2.75) is 131 Å². The van der Waals surface area contributed by atoms with E-state index in [0.29, 0.717) is 0 Å². The highest BCUT2D eigenvalue weighted by Crippen LogP contribution is 2.37. The summed E-state index contributed by atoms with van der Waals surface area (Å²) in [5.74, 6) is -4.78. The van der Waals surface area contributed by atoms with Crippen molar-refractivity contribution < 1.29 is 38.8 Å². The van der Waals surface area contributed by atoms with Gasteiger partial charge in [-0.3, -0.25) is 14.4 Å². The molecule has 0 radical (unpaired) electrons. The lowest BCUT2D eigenvalue weighted by atomic mass is 9.74. The number of carbonyl (C=O) groups is 3. The SMILES string of the molecule is CC[C@H]1OC(=O)[C@H](C)C(=O)[C@H](C)[C@@H](OC(C)C)[C@](C)(OC(C)C)C[C@@H](C)C(=O)[C@H](C)[C@@H](O)[C@]1(C)O. The second-order valence-electron chi connectivity index (χ2n) is 11.3. The summed E-state index contributed by atoms with van der Waals surface area (Å²) in [6.07, 6.45) is -3.35. The summed E-state index contributed by atoms with van der Waals surface area (Å²) in [7, 11) is 0. The molecule has 0 saturated carbocycles. The van der Waals surface area contributed by atoms with Gasteiger partial charge in [-0.2, -0.15) is 0 Å². The molecule has 0 aromatic rings. The van der Waals surface area contributed by atoms with Crippen LogP contribution in [-0.4, -0.2) is 69.5 Å². The summed E-state index contributed by atoms with van der Waals surface area (Å²) in [5, 5.41) is 22.2. The topological polar surface area (TPSA) is 119 Å². The van der Waals surface area contributed by atoms with Crippen molar-refractivity contribution in [3.05, 3.63) is 0 Å². The van der Waals surface area contributed by atoms with Crippen molar-refractivity contribution in [2.24, 2.45) is 23.7 Å². The lowest BCUT2D eigenvalue weighted by Crippen LogP contribution is -2.57. The molecule has 0 aromatic carbocycles. The summed E-state index contributed by atoms with van der Waals surface area (Å²) in [5.41, 5.74) is -2.94. The second-order valence-corrected chi connectivity index (χ2v) is 11.3. The standard InChI is InChI=1S/C27H48O8/c1-12-20-27(11,32)23(30)17(7)21(28)16(6)13-26(10,35-15(4)5)24(33-14(2)3)18(8)22(29)19(9)25(31)34-20/h14-20,23-24,30,32H,12-13H2,1-11H3/t16-,17+,18+,19-,20-,23-,24-,26-,27-/m1/s1. The average Bonchev–Trinajstić information content (AvgIpc) is 2.75. The number of aliphatic hydroxyl groups is 2. The van der Waals surface area contributed by atoms with Crippen molar-refractivity contribution in [3.63, 3.8) is 0 Å². The van der Waals surface area contributed by atoms with Gasteiger partial charge in [0.15, 0.2) is 5.78 Å². The van der Waals surface area contributed by atoms with Crippen LogP contribution in [0, 0.1) is 23.7 Å². The Labute approximate surface area is 211 Å². The van der Waals surface area contributed by atoms with Gasteiger partial charge < -0.3 is 24.4 Å². The van der Waals surface area contributed by atoms with Gasteiger partial charge in [-0.15, -0.1) is 0 Å². The van der Waals surface area contributed by atoms with E-state index in [1.54, 1.807) is 27.7 Å². The molecule has 1 rings (SSSR count). The third-order valence-corrected chi connectivity index (χ3v) is 7.21. The number of hydrogen-bond acceptors (Lipinski definition) is 8. The molecule has 204 valence electrons. The second kappa shape index (κ2) is 12.3. The molecule has 0 aromatic heterocycles. The van der Waals surface area contributed by atoms with Crippen LogP contribution in [0.5, 0.6) is 0 Å². The van der Waals surface area contributed by atoms with Crippen LogP contribution >= 0.6 is 0 Å². The Balaban J connectivity index is 3.70. The van der Waals surface area contributed by atoms with Crippen LogP contribution in [0.25, 0.3) is 0 Å². The normalized spacial score (nSPS) is 40.7. The largest absolute Gasteiger partial charge is 0.459 e. The van der Waals surface area contributed by atoms with Crippen LogP contribution in [0.15, 0.2) is 0 Å². The number of cyclic esters (lactones) is 1. The van der Waals surface area contributed by atoms with Gasteiger partial charge in [-0.05, 0) is 61.3 Å². The van der Waals surface area contributed by atoms with Crippen molar-refractivity contribution in [1.29, 1.82) is 0 Å². The molecular formula is C27H48O8. The maximum Gasteiger partial charge on any atom is 0.316 e. The van der Waals surface area contributed by atoms with Crippen LogP contribution in [-0.2, 0) is 28.6 Å².